The molecule has 3 aromatic rings. The average Bonchev–Trinajstić information content (AvgIpc) is 2.87. The van der Waals surface area contributed by atoms with Gasteiger partial charge >= 0.3 is 0 Å². The van der Waals surface area contributed by atoms with Gasteiger partial charge in [-0.3, -0.25) is 0 Å². The number of benzene rings is 1. The molecule has 6 heteroatoms. The SMILES string of the molecule is Cc1cc(N)n(-c2cc(NC(C)c3ccccc3)ncn2)n1. The van der Waals surface area contributed by atoms with E-state index in [1.165, 1.54) is 11.9 Å². The van der Waals surface area contributed by atoms with Crippen LogP contribution in [0.2, 0.25) is 0 Å². The fraction of sp³-hybridized carbons (Fsp3) is 0.188. The van der Waals surface area contributed by atoms with Crippen LogP contribution in [0.25, 0.3) is 5.82 Å². The smallest absolute Gasteiger partial charge is 0.161 e. The van der Waals surface area contributed by atoms with E-state index in [9.17, 15) is 0 Å². The van der Waals surface area contributed by atoms with Gasteiger partial charge in [-0.15, -0.1) is 0 Å². The maximum atomic E-state index is 5.94. The number of hydrogen-bond donors (Lipinski definition) is 2. The van der Waals surface area contributed by atoms with Crippen LogP contribution in [0.15, 0.2) is 48.8 Å². The van der Waals surface area contributed by atoms with Crippen molar-refractivity contribution in [1.29, 1.82) is 0 Å². The lowest BCUT2D eigenvalue weighted by Crippen LogP contribution is -2.10. The van der Waals surface area contributed by atoms with Gasteiger partial charge in [-0.25, -0.2) is 9.97 Å². The van der Waals surface area contributed by atoms with Crippen LogP contribution in [-0.2, 0) is 0 Å². The number of aromatic nitrogens is 4. The molecule has 0 amide bonds. The fourth-order valence-electron chi connectivity index (χ4n) is 2.29. The summed E-state index contributed by atoms with van der Waals surface area (Å²) >= 11 is 0. The van der Waals surface area contributed by atoms with Crippen LogP contribution in [0.5, 0.6) is 0 Å². The van der Waals surface area contributed by atoms with Crippen LogP contribution in [0.3, 0.4) is 0 Å². The van der Waals surface area contributed by atoms with Crippen molar-refractivity contribution in [3.05, 3.63) is 60.0 Å². The normalized spacial score (nSPS) is 12.1. The van der Waals surface area contributed by atoms with E-state index in [4.69, 9.17) is 5.73 Å². The van der Waals surface area contributed by atoms with Crippen molar-refractivity contribution in [2.45, 2.75) is 19.9 Å². The van der Waals surface area contributed by atoms with E-state index in [0.29, 0.717) is 11.6 Å². The minimum atomic E-state index is 0.139. The Morgan fingerprint density at radius 2 is 1.91 bits per heavy atom. The summed E-state index contributed by atoms with van der Waals surface area (Å²) in [5, 5.41) is 7.69. The molecule has 0 aliphatic heterocycles. The first-order chi connectivity index (χ1) is 10.6. The van der Waals surface area contributed by atoms with Crippen molar-refractivity contribution in [2.75, 3.05) is 11.1 Å². The van der Waals surface area contributed by atoms with Crippen LogP contribution >= 0.6 is 0 Å². The highest BCUT2D eigenvalue weighted by Gasteiger charge is 2.09. The topological polar surface area (TPSA) is 81.6 Å². The Kier molecular flexibility index (Phi) is 3.74. The second kappa shape index (κ2) is 5.85. The van der Waals surface area contributed by atoms with Crippen molar-refractivity contribution in [2.24, 2.45) is 0 Å². The molecule has 1 unspecified atom stereocenters. The zero-order valence-electron chi connectivity index (χ0n) is 12.6. The van der Waals surface area contributed by atoms with Gasteiger partial charge in [0.1, 0.15) is 18.0 Å². The molecule has 0 radical (unpaired) electrons. The van der Waals surface area contributed by atoms with E-state index in [0.717, 1.165) is 11.5 Å². The van der Waals surface area contributed by atoms with E-state index in [1.54, 1.807) is 4.68 Å². The molecule has 112 valence electrons. The molecule has 0 spiro atoms. The van der Waals surface area contributed by atoms with Crippen molar-refractivity contribution < 1.29 is 0 Å². The maximum absolute atomic E-state index is 5.94. The molecule has 0 aliphatic carbocycles. The van der Waals surface area contributed by atoms with Gasteiger partial charge in [-0.05, 0) is 19.4 Å². The van der Waals surface area contributed by atoms with Crippen LogP contribution in [0.4, 0.5) is 11.6 Å². The highest BCUT2D eigenvalue weighted by Crippen LogP contribution is 2.19. The summed E-state index contributed by atoms with van der Waals surface area (Å²) in [5.74, 6) is 1.93. The van der Waals surface area contributed by atoms with Crippen LogP contribution in [0, 0.1) is 6.92 Å². The number of nitrogens with zero attached hydrogens (tertiary/aromatic N) is 4. The van der Waals surface area contributed by atoms with Crippen LogP contribution in [-0.4, -0.2) is 19.7 Å². The van der Waals surface area contributed by atoms with Gasteiger partial charge in [0.05, 0.1) is 5.69 Å². The molecule has 3 N–H and O–H groups in total. The van der Waals surface area contributed by atoms with Crippen molar-refractivity contribution in [1.82, 2.24) is 19.7 Å². The number of aryl methyl sites for hydroxylation is 1. The zero-order chi connectivity index (χ0) is 15.5. The lowest BCUT2D eigenvalue weighted by Gasteiger charge is -2.15. The number of nitrogens with one attached hydrogen (secondary N) is 1. The third-order valence-corrected chi connectivity index (χ3v) is 3.39. The molecule has 3 rings (SSSR count). The second-order valence-corrected chi connectivity index (χ2v) is 5.16. The number of hydrogen-bond acceptors (Lipinski definition) is 5. The quantitative estimate of drug-likeness (QED) is 0.773. The molecule has 0 aliphatic rings. The van der Waals surface area contributed by atoms with E-state index >= 15 is 0 Å². The summed E-state index contributed by atoms with van der Waals surface area (Å²) in [7, 11) is 0. The molecule has 6 nitrogen and oxygen atoms in total. The number of rotatable bonds is 4. The Morgan fingerprint density at radius 3 is 2.59 bits per heavy atom. The van der Waals surface area contributed by atoms with Gasteiger partial charge in [0, 0.05) is 18.2 Å². The maximum Gasteiger partial charge on any atom is 0.161 e. The Hall–Kier alpha value is -2.89. The first-order valence-electron chi connectivity index (χ1n) is 7.09. The monoisotopic (exact) mass is 294 g/mol. The minimum Gasteiger partial charge on any atom is -0.384 e. The largest absolute Gasteiger partial charge is 0.384 e. The highest BCUT2D eigenvalue weighted by molar-refractivity contribution is 5.46. The van der Waals surface area contributed by atoms with Crippen molar-refractivity contribution in [3.63, 3.8) is 0 Å². The van der Waals surface area contributed by atoms with E-state index in [2.05, 4.69) is 39.4 Å². The van der Waals surface area contributed by atoms with E-state index in [-0.39, 0.29) is 6.04 Å². The van der Waals surface area contributed by atoms with Crippen molar-refractivity contribution in [3.8, 4) is 5.82 Å². The van der Waals surface area contributed by atoms with Crippen molar-refractivity contribution >= 4 is 11.6 Å². The van der Waals surface area contributed by atoms with Gasteiger partial charge in [-0.1, -0.05) is 30.3 Å². The van der Waals surface area contributed by atoms with Gasteiger partial charge in [0.25, 0.3) is 0 Å². The van der Waals surface area contributed by atoms with Gasteiger partial charge in [0.15, 0.2) is 5.82 Å². The summed E-state index contributed by atoms with van der Waals surface area (Å²) in [5.41, 5.74) is 7.98. The zero-order valence-corrected chi connectivity index (χ0v) is 12.6. The molecule has 2 aromatic heterocycles. The standard InChI is InChI=1S/C16H18N6/c1-11-8-14(17)22(21-11)16-9-15(18-10-19-16)20-12(2)13-6-4-3-5-7-13/h3-10,12H,17H2,1-2H3,(H,18,19,20). The molecule has 0 saturated carbocycles. The summed E-state index contributed by atoms with van der Waals surface area (Å²) < 4.78 is 1.61. The molecule has 1 aromatic carbocycles. The number of nitrogens with two attached hydrogens (primary N) is 1. The predicted molar refractivity (Wildman–Crippen MR) is 86.8 cm³/mol. The Balaban J connectivity index is 1.84. The molecule has 0 fully saturated rings. The summed E-state index contributed by atoms with van der Waals surface area (Å²) in [6.45, 7) is 3.98. The summed E-state index contributed by atoms with van der Waals surface area (Å²) in [6.07, 6.45) is 1.51. The van der Waals surface area contributed by atoms with Crippen LogP contribution < -0.4 is 11.1 Å². The fourth-order valence-corrected chi connectivity index (χ4v) is 2.29. The van der Waals surface area contributed by atoms with E-state index < -0.39 is 0 Å². The molecule has 2 heterocycles. The van der Waals surface area contributed by atoms with Gasteiger partial charge < -0.3 is 11.1 Å². The molecule has 1 atom stereocenters. The Labute approximate surface area is 129 Å². The number of anilines is 2. The molecular weight excluding hydrogens is 276 g/mol. The lowest BCUT2D eigenvalue weighted by molar-refractivity contribution is 0.826. The van der Waals surface area contributed by atoms with E-state index in [1.807, 2.05) is 37.3 Å². The summed E-state index contributed by atoms with van der Waals surface area (Å²) in [6, 6.07) is 14.0. The highest BCUT2D eigenvalue weighted by atomic mass is 15.3. The van der Waals surface area contributed by atoms with Gasteiger partial charge in [-0.2, -0.15) is 9.78 Å². The lowest BCUT2D eigenvalue weighted by atomic mass is 10.1. The Bertz CT molecular complexity index is 765. The van der Waals surface area contributed by atoms with Crippen LogP contribution in [0.1, 0.15) is 24.2 Å². The Morgan fingerprint density at radius 1 is 1.14 bits per heavy atom. The third kappa shape index (κ3) is 2.90. The predicted octanol–water partition coefficient (Wildman–Crippen LogP) is 2.73. The first kappa shape index (κ1) is 14.1. The second-order valence-electron chi connectivity index (χ2n) is 5.16. The summed E-state index contributed by atoms with van der Waals surface area (Å²) in [4.78, 5) is 8.50. The number of nitrogen functional groups attached to an aromatic ring is 1. The average molecular weight is 294 g/mol. The molecule has 0 bridgehead atoms. The molecular formula is C16H18N6. The molecule has 22 heavy (non-hydrogen) atoms. The third-order valence-electron chi connectivity index (χ3n) is 3.39. The first-order valence-corrected chi connectivity index (χ1v) is 7.09. The molecule has 0 saturated heterocycles. The minimum absolute atomic E-state index is 0.139. The van der Waals surface area contributed by atoms with Gasteiger partial charge in [0.2, 0.25) is 0 Å².